The second-order valence-electron chi connectivity index (χ2n) is 8.02. The second-order valence-corrected chi connectivity index (χ2v) is 8.02. The molecule has 0 aliphatic carbocycles. The molecule has 1 N–H and O–H groups in total. The predicted molar refractivity (Wildman–Crippen MR) is 100 cm³/mol. The van der Waals surface area contributed by atoms with Crippen LogP contribution in [0.25, 0.3) is 0 Å². The second kappa shape index (κ2) is 7.20. The number of benzene rings is 1. The Balaban J connectivity index is 1.44. The molecule has 0 bridgehead atoms. The lowest BCUT2D eigenvalue weighted by Gasteiger charge is -2.33. The topological polar surface area (TPSA) is 41.2 Å². The van der Waals surface area contributed by atoms with Crippen molar-refractivity contribution in [1.29, 1.82) is 0 Å². The number of aromatic amines is 1. The maximum absolute atomic E-state index is 5.63. The van der Waals surface area contributed by atoms with Crippen LogP contribution >= 0.6 is 0 Å². The Kier molecular flexibility index (Phi) is 4.80. The monoisotopic (exact) mass is 339 g/mol. The van der Waals surface area contributed by atoms with E-state index in [1.807, 2.05) is 6.20 Å². The number of piperidine rings is 1. The van der Waals surface area contributed by atoms with Crippen molar-refractivity contribution in [2.75, 3.05) is 19.7 Å². The number of hydrogen-bond acceptors (Lipinski definition) is 3. The lowest BCUT2D eigenvalue weighted by Crippen LogP contribution is -2.34. The maximum atomic E-state index is 5.63. The van der Waals surface area contributed by atoms with Crippen LogP contribution in [0.1, 0.15) is 55.0 Å². The quantitative estimate of drug-likeness (QED) is 0.897. The number of aromatic nitrogens is 2. The first kappa shape index (κ1) is 16.6. The van der Waals surface area contributed by atoms with Crippen LogP contribution in [0.15, 0.2) is 24.4 Å². The van der Waals surface area contributed by atoms with Gasteiger partial charge in [0.25, 0.3) is 0 Å². The number of nitrogens with zero attached hydrogens (tertiary/aromatic N) is 2. The maximum Gasteiger partial charge on any atom is 0.122 e. The molecule has 1 aromatic heterocycles. The van der Waals surface area contributed by atoms with Gasteiger partial charge in [-0.05, 0) is 54.5 Å². The van der Waals surface area contributed by atoms with Crippen molar-refractivity contribution >= 4 is 0 Å². The highest BCUT2D eigenvalue weighted by Crippen LogP contribution is 2.31. The molecule has 1 atom stereocenters. The van der Waals surface area contributed by atoms with Crippen molar-refractivity contribution in [1.82, 2.24) is 15.1 Å². The van der Waals surface area contributed by atoms with Gasteiger partial charge in [-0.25, -0.2) is 0 Å². The highest BCUT2D eigenvalue weighted by atomic mass is 16.5. The van der Waals surface area contributed by atoms with Crippen LogP contribution in [0, 0.1) is 5.92 Å². The number of fused-ring (bicyclic) bond motifs is 1. The molecule has 4 heteroatoms. The summed E-state index contributed by atoms with van der Waals surface area (Å²) in [4.78, 5) is 2.60. The van der Waals surface area contributed by atoms with Crippen molar-refractivity contribution in [2.45, 2.75) is 52.0 Å². The van der Waals surface area contributed by atoms with Crippen LogP contribution in [0.4, 0.5) is 0 Å². The predicted octanol–water partition coefficient (Wildman–Crippen LogP) is 3.92. The normalized spacial score (nSPS) is 20.7. The fourth-order valence-corrected chi connectivity index (χ4v) is 4.31. The molecule has 1 saturated heterocycles. The first-order chi connectivity index (χ1) is 12.2. The molecule has 4 rings (SSSR count). The Hall–Kier alpha value is -1.81. The minimum absolute atomic E-state index is 0.586. The fourth-order valence-electron chi connectivity index (χ4n) is 4.31. The van der Waals surface area contributed by atoms with E-state index in [9.17, 15) is 0 Å². The number of H-pyrrole nitrogens is 1. The Morgan fingerprint density at radius 3 is 3.16 bits per heavy atom. The summed E-state index contributed by atoms with van der Waals surface area (Å²) >= 11 is 0. The van der Waals surface area contributed by atoms with Gasteiger partial charge in [-0.3, -0.25) is 10.00 Å². The summed E-state index contributed by atoms with van der Waals surface area (Å²) in [7, 11) is 0. The Morgan fingerprint density at radius 2 is 2.28 bits per heavy atom. The standard InChI is InChI=1S/C21H29N3O/c1-15(2)10-19-12-22-23-21(19)18-4-3-8-24(14-18)13-16-5-6-20-17(11-16)7-9-25-20/h5-6,11-12,15,18H,3-4,7-10,13-14H2,1-2H3,(H,22,23). The summed E-state index contributed by atoms with van der Waals surface area (Å²) in [5, 5.41) is 7.65. The largest absolute Gasteiger partial charge is 0.493 e. The fraction of sp³-hybridized carbons (Fsp3) is 0.571. The average molecular weight is 339 g/mol. The molecular formula is C21H29N3O. The van der Waals surface area contributed by atoms with Crippen LogP contribution < -0.4 is 4.74 Å². The molecule has 2 aliphatic heterocycles. The SMILES string of the molecule is CC(C)Cc1cn[nH]c1C1CCCN(Cc2ccc3c(c2)CCO3)C1. The van der Waals surface area contributed by atoms with Gasteiger partial charge >= 0.3 is 0 Å². The minimum Gasteiger partial charge on any atom is -0.493 e. The third kappa shape index (κ3) is 3.74. The van der Waals surface area contributed by atoms with Crippen molar-refractivity contribution < 1.29 is 4.74 Å². The van der Waals surface area contributed by atoms with Gasteiger partial charge in [-0.15, -0.1) is 0 Å². The van der Waals surface area contributed by atoms with Gasteiger partial charge in [0, 0.05) is 31.1 Å². The lowest BCUT2D eigenvalue weighted by atomic mass is 9.90. The van der Waals surface area contributed by atoms with Crippen LogP contribution in [0.5, 0.6) is 5.75 Å². The third-order valence-electron chi connectivity index (χ3n) is 5.45. The van der Waals surface area contributed by atoms with E-state index < -0.39 is 0 Å². The molecule has 25 heavy (non-hydrogen) atoms. The van der Waals surface area contributed by atoms with Gasteiger partial charge in [0.2, 0.25) is 0 Å². The molecule has 1 fully saturated rings. The minimum atomic E-state index is 0.586. The van der Waals surface area contributed by atoms with Gasteiger partial charge in [0.15, 0.2) is 0 Å². The molecular weight excluding hydrogens is 310 g/mol. The van der Waals surface area contributed by atoms with Crippen LogP contribution in [0.2, 0.25) is 0 Å². The summed E-state index contributed by atoms with van der Waals surface area (Å²) in [5.41, 5.74) is 5.58. The van der Waals surface area contributed by atoms with Gasteiger partial charge in [-0.2, -0.15) is 5.10 Å². The lowest BCUT2D eigenvalue weighted by molar-refractivity contribution is 0.198. The van der Waals surface area contributed by atoms with Crippen molar-refractivity contribution in [3.05, 3.63) is 46.8 Å². The van der Waals surface area contributed by atoms with E-state index in [4.69, 9.17) is 4.74 Å². The summed E-state index contributed by atoms with van der Waals surface area (Å²) < 4.78 is 5.63. The van der Waals surface area contributed by atoms with Crippen molar-refractivity contribution in [2.24, 2.45) is 5.92 Å². The van der Waals surface area contributed by atoms with Crippen molar-refractivity contribution in [3.63, 3.8) is 0 Å². The summed E-state index contributed by atoms with van der Waals surface area (Å²) in [6.45, 7) is 8.75. The Bertz CT molecular complexity index is 722. The van der Waals surface area contributed by atoms with Crippen LogP contribution in [-0.2, 0) is 19.4 Å². The summed E-state index contributed by atoms with van der Waals surface area (Å²) in [6.07, 6.45) is 6.74. The zero-order chi connectivity index (χ0) is 17.2. The van der Waals surface area contributed by atoms with E-state index in [-0.39, 0.29) is 0 Å². The number of ether oxygens (including phenoxy) is 1. The van der Waals surface area contributed by atoms with E-state index in [1.165, 1.54) is 41.8 Å². The smallest absolute Gasteiger partial charge is 0.122 e. The highest BCUT2D eigenvalue weighted by Gasteiger charge is 2.25. The summed E-state index contributed by atoms with van der Waals surface area (Å²) in [5.74, 6) is 2.34. The molecule has 3 heterocycles. The van der Waals surface area contributed by atoms with E-state index in [1.54, 1.807) is 0 Å². The zero-order valence-corrected chi connectivity index (χ0v) is 15.4. The van der Waals surface area contributed by atoms with Crippen molar-refractivity contribution in [3.8, 4) is 5.75 Å². The number of likely N-dealkylation sites (tertiary alicyclic amines) is 1. The van der Waals surface area contributed by atoms with Gasteiger partial charge < -0.3 is 4.74 Å². The van der Waals surface area contributed by atoms with Crippen LogP contribution in [-0.4, -0.2) is 34.8 Å². The first-order valence-electron chi connectivity index (χ1n) is 9.68. The molecule has 2 aromatic rings. The number of hydrogen-bond donors (Lipinski definition) is 1. The van der Waals surface area contributed by atoms with Crippen LogP contribution in [0.3, 0.4) is 0 Å². The first-order valence-corrected chi connectivity index (χ1v) is 9.68. The molecule has 1 unspecified atom stereocenters. The molecule has 1 aromatic carbocycles. The van der Waals surface area contributed by atoms with Gasteiger partial charge in [0.05, 0.1) is 12.8 Å². The number of nitrogens with one attached hydrogen (secondary N) is 1. The molecule has 2 aliphatic rings. The Morgan fingerprint density at radius 1 is 1.36 bits per heavy atom. The molecule has 134 valence electrons. The Labute approximate surface area is 150 Å². The molecule has 0 amide bonds. The number of rotatable bonds is 5. The zero-order valence-electron chi connectivity index (χ0n) is 15.4. The van der Waals surface area contributed by atoms with Gasteiger partial charge in [0.1, 0.15) is 5.75 Å². The van der Waals surface area contributed by atoms with Gasteiger partial charge in [-0.1, -0.05) is 26.0 Å². The third-order valence-corrected chi connectivity index (χ3v) is 5.45. The molecule has 0 saturated carbocycles. The molecule has 4 nitrogen and oxygen atoms in total. The van der Waals surface area contributed by atoms with E-state index in [0.717, 1.165) is 38.3 Å². The summed E-state index contributed by atoms with van der Waals surface area (Å²) in [6, 6.07) is 6.72. The average Bonchev–Trinajstić information content (AvgIpc) is 3.23. The van der Waals surface area contributed by atoms with E-state index >= 15 is 0 Å². The molecule has 0 spiro atoms. The molecule has 0 radical (unpaired) electrons. The highest BCUT2D eigenvalue weighted by molar-refractivity contribution is 5.39. The van der Waals surface area contributed by atoms with E-state index in [2.05, 4.69) is 47.1 Å². The van der Waals surface area contributed by atoms with E-state index in [0.29, 0.717) is 11.8 Å².